The molecule has 2 rings (SSSR count). The van der Waals surface area contributed by atoms with E-state index in [4.69, 9.17) is 0 Å². The van der Waals surface area contributed by atoms with Crippen molar-refractivity contribution in [1.82, 2.24) is 5.32 Å². The van der Waals surface area contributed by atoms with Crippen LogP contribution < -0.4 is 5.32 Å². The molecular weight excluding hydrogens is 202 g/mol. The van der Waals surface area contributed by atoms with E-state index in [-0.39, 0.29) is 0 Å². The lowest BCUT2D eigenvalue weighted by Crippen LogP contribution is -2.26. The predicted molar refractivity (Wildman–Crippen MR) is 69.3 cm³/mol. The Labute approximate surface area is 98.1 Å². The first kappa shape index (κ1) is 11.5. The lowest BCUT2D eigenvalue weighted by atomic mass is 9.94. The summed E-state index contributed by atoms with van der Waals surface area (Å²) in [5.74, 6) is 4.10. The van der Waals surface area contributed by atoms with Gasteiger partial charge in [0.1, 0.15) is 0 Å². The molecule has 3 unspecified atom stereocenters. The predicted octanol–water partition coefficient (Wildman–Crippen LogP) is 2.93. The maximum absolute atomic E-state index is 3.63. The Morgan fingerprint density at radius 3 is 2.87 bits per heavy atom. The number of rotatable bonds is 7. The van der Waals surface area contributed by atoms with Crippen molar-refractivity contribution in [3.63, 3.8) is 0 Å². The van der Waals surface area contributed by atoms with Crippen molar-refractivity contribution >= 4 is 11.8 Å². The fraction of sp³-hybridized carbons (Fsp3) is 0.846. The third kappa shape index (κ3) is 3.25. The van der Waals surface area contributed by atoms with E-state index in [2.05, 4.69) is 23.7 Å². The fourth-order valence-electron chi connectivity index (χ4n) is 2.91. The summed E-state index contributed by atoms with van der Waals surface area (Å²) in [6.07, 6.45) is 12.7. The number of hydrogen-bond donors (Lipinski definition) is 1. The molecule has 2 bridgehead atoms. The molecule has 15 heavy (non-hydrogen) atoms. The van der Waals surface area contributed by atoms with Crippen molar-refractivity contribution in [1.29, 1.82) is 0 Å². The van der Waals surface area contributed by atoms with Gasteiger partial charge in [-0.3, -0.25) is 0 Å². The van der Waals surface area contributed by atoms with Gasteiger partial charge in [0.15, 0.2) is 0 Å². The molecule has 0 aromatic rings. The summed E-state index contributed by atoms with van der Waals surface area (Å²) < 4.78 is 0. The van der Waals surface area contributed by atoms with Crippen LogP contribution in [0, 0.1) is 17.8 Å². The van der Waals surface area contributed by atoms with Crippen LogP contribution in [-0.2, 0) is 0 Å². The van der Waals surface area contributed by atoms with Gasteiger partial charge >= 0.3 is 0 Å². The third-order valence-corrected chi connectivity index (χ3v) is 4.47. The topological polar surface area (TPSA) is 12.0 Å². The zero-order chi connectivity index (χ0) is 10.5. The zero-order valence-electron chi connectivity index (χ0n) is 9.74. The smallest absolute Gasteiger partial charge is 0.00147 e. The van der Waals surface area contributed by atoms with Gasteiger partial charge in [-0.1, -0.05) is 12.2 Å². The third-order valence-electron chi connectivity index (χ3n) is 3.77. The van der Waals surface area contributed by atoms with Crippen LogP contribution >= 0.6 is 11.8 Å². The van der Waals surface area contributed by atoms with Gasteiger partial charge < -0.3 is 5.32 Å². The average molecular weight is 225 g/mol. The van der Waals surface area contributed by atoms with E-state index in [0.717, 1.165) is 17.8 Å². The first-order valence-electron chi connectivity index (χ1n) is 6.28. The standard InChI is InChI=1S/C13H23NS/c1-15-7-3-2-6-14-10-13-9-11-4-5-12(13)8-11/h4-5,11-14H,2-3,6-10H2,1H3. The first-order valence-corrected chi connectivity index (χ1v) is 7.67. The second-order valence-electron chi connectivity index (χ2n) is 4.94. The van der Waals surface area contributed by atoms with Crippen LogP contribution in [-0.4, -0.2) is 25.1 Å². The maximum atomic E-state index is 3.63. The van der Waals surface area contributed by atoms with E-state index in [1.54, 1.807) is 0 Å². The van der Waals surface area contributed by atoms with Crippen LogP contribution in [0.15, 0.2) is 12.2 Å². The molecule has 3 atom stereocenters. The summed E-state index contributed by atoms with van der Waals surface area (Å²) >= 11 is 1.96. The molecule has 0 amide bonds. The van der Waals surface area contributed by atoms with E-state index < -0.39 is 0 Å². The monoisotopic (exact) mass is 225 g/mol. The van der Waals surface area contributed by atoms with E-state index in [1.165, 1.54) is 44.5 Å². The lowest BCUT2D eigenvalue weighted by Gasteiger charge is -2.18. The van der Waals surface area contributed by atoms with Crippen LogP contribution in [0.3, 0.4) is 0 Å². The highest BCUT2D eigenvalue weighted by atomic mass is 32.2. The number of fused-ring (bicyclic) bond motifs is 2. The van der Waals surface area contributed by atoms with Crippen molar-refractivity contribution in [2.75, 3.05) is 25.1 Å². The van der Waals surface area contributed by atoms with Crippen molar-refractivity contribution in [2.45, 2.75) is 25.7 Å². The summed E-state index contributed by atoms with van der Waals surface area (Å²) in [6.45, 7) is 2.48. The Morgan fingerprint density at radius 1 is 1.27 bits per heavy atom. The minimum atomic E-state index is 0.911. The SMILES string of the molecule is CSCCCCNCC1CC2C=CC1C2. The van der Waals surface area contributed by atoms with Crippen molar-refractivity contribution in [3.8, 4) is 0 Å². The molecular formula is C13H23NS. The average Bonchev–Trinajstić information content (AvgIpc) is 2.85. The number of allylic oxidation sites excluding steroid dienone is 2. The first-order chi connectivity index (χ1) is 7.40. The van der Waals surface area contributed by atoms with Gasteiger partial charge in [-0.25, -0.2) is 0 Å². The van der Waals surface area contributed by atoms with Gasteiger partial charge in [-0.15, -0.1) is 0 Å². The van der Waals surface area contributed by atoms with Gasteiger partial charge in [0, 0.05) is 0 Å². The second kappa shape index (κ2) is 5.95. The summed E-state index contributed by atoms with van der Waals surface area (Å²) in [6, 6.07) is 0. The molecule has 1 fully saturated rings. The van der Waals surface area contributed by atoms with Crippen molar-refractivity contribution in [2.24, 2.45) is 17.8 Å². The Bertz CT molecular complexity index is 215. The molecule has 1 saturated carbocycles. The van der Waals surface area contributed by atoms with Gasteiger partial charge in [0.05, 0.1) is 0 Å². The van der Waals surface area contributed by atoms with Crippen LogP contribution in [0.1, 0.15) is 25.7 Å². The van der Waals surface area contributed by atoms with Gasteiger partial charge in [0.2, 0.25) is 0 Å². The lowest BCUT2D eigenvalue weighted by molar-refractivity contribution is 0.413. The molecule has 0 saturated heterocycles. The Morgan fingerprint density at radius 2 is 2.20 bits per heavy atom. The van der Waals surface area contributed by atoms with Crippen molar-refractivity contribution in [3.05, 3.63) is 12.2 Å². The van der Waals surface area contributed by atoms with Gasteiger partial charge in [-0.05, 0) is 68.5 Å². The minimum absolute atomic E-state index is 0.911. The number of unbranched alkanes of at least 4 members (excludes halogenated alkanes) is 1. The highest BCUT2D eigenvalue weighted by molar-refractivity contribution is 7.98. The van der Waals surface area contributed by atoms with Crippen LogP contribution in [0.5, 0.6) is 0 Å². The van der Waals surface area contributed by atoms with Gasteiger partial charge in [0.25, 0.3) is 0 Å². The molecule has 1 nitrogen and oxygen atoms in total. The van der Waals surface area contributed by atoms with Crippen LogP contribution in [0.2, 0.25) is 0 Å². The number of hydrogen-bond acceptors (Lipinski definition) is 2. The maximum Gasteiger partial charge on any atom is -0.00147 e. The molecule has 0 heterocycles. The molecule has 2 aliphatic rings. The van der Waals surface area contributed by atoms with E-state index in [1.807, 2.05) is 11.8 Å². The highest BCUT2D eigenvalue weighted by Gasteiger charge is 2.34. The molecule has 86 valence electrons. The van der Waals surface area contributed by atoms with Gasteiger partial charge in [-0.2, -0.15) is 11.8 Å². The highest BCUT2D eigenvalue weighted by Crippen LogP contribution is 2.42. The summed E-state index contributed by atoms with van der Waals surface area (Å²) in [5, 5.41) is 3.63. The molecule has 0 aromatic carbocycles. The fourth-order valence-corrected chi connectivity index (χ4v) is 3.41. The Kier molecular flexibility index (Phi) is 4.58. The number of nitrogens with one attached hydrogen (secondary N) is 1. The van der Waals surface area contributed by atoms with Crippen LogP contribution in [0.4, 0.5) is 0 Å². The largest absolute Gasteiger partial charge is 0.316 e. The normalized spacial score (nSPS) is 32.7. The van der Waals surface area contributed by atoms with Crippen molar-refractivity contribution < 1.29 is 0 Å². The molecule has 0 spiro atoms. The van der Waals surface area contributed by atoms with E-state index in [0.29, 0.717) is 0 Å². The second-order valence-corrected chi connectivity index (χ2v) is 5.93. The summed E-state index contributed by atoms with van der Waals surface area (Å²) in [5.41, 5.74) is 0. The summed E-state index contributed by atoms with van der Waals surface area (Å²) in [4.78, 5) is 0. The minimum Gasteiger partial charge on any atom is -0.316 e. The van der Waals surface area contributed by atoms with Crippen LogP contribution in [0.25, 0.3) is 0 Å². The molecule has 1 N–H and O–H groups in total. The Hall–Kier alpha value is 0.0500. The number of thioether (sulfide) groups is 1. The molecule has 0 radical (unpaired) electrons. The van der Waals surface area contributed by atoms with E-state index in [9.17, 15) is 0 Å². The van der Waals surface area contributed by atoms with E-state index >= 15 is 0 Å². The molecule has 2 heteroatoms. The summed E-state index contributed by atoms with van der Waals surface area (Å²) in [7, 11) is 0. The quantitative estimate of drug-likeness (QED) is 0.528. The molecule has 0 aliphatic heterocycles. The molecule has 2 aliphatic carbocycles. The Balaban J connectivity index is 1.50. The molecule has 0 aromatic heterocycles. The zero-order valence-corrected chi connectivity index (χ0v) is 10.6.